The molecule has 1 unspecified atom stereocenters. The lowest BCUT2D eigenvalue weighted by molar-refractivity contribution is -0.120. The molecule has 0 spiro atoms. The first-order chi connectivity index (χ1) is 15.6. The van der Waals surface area contributed by atoms with Gasteiger partial charge in [0.05, 0.1) is 16.6 Å². The van der Waals surface area contributed by atoms with E-state index in [0.29, 0.717) is 12.1 Å². The van der Waals surface area contributed by atoms with Crippen molar-refractivity contribution >= 4 is 21.6 Å². The number of amides is 1. The number of nitrogens with zero attached hydrogens (tertiary/aromatic N) is 1. The average Bonchev–Trinajstić information content (AvgIpc) is 2.78. The second kappa shape index (κ2) is 10.2. The van der Waals surface area contributed by atoms with Gasteiger partial charge in [-0.1, -0.05) is 60.5 Å². The predicted molar refractivity (Wildman–Crippen MR) is 134 cm³/mol. The van der Waals surface area contributed by atoms with E-state index >= 15 is 0 Å². The van der Waals surface area contributed by atoms with Gasteiger partial charge in [-0.3, -0.25) is 9.10 Å². The van der Waals surface area contributed by atoms with Gasteiger partial charge < -0.3 is 5.32 Å². The number of carbonyl (C=O) groups is 1. The van der Waals surface area contributed by atoms with Crippen molar-refractivity contribution in [3.8, 4) is 0 Å². The van der Waals surface area contributed by atoms with Gasteiger partial charge in [-0.05, 0) is 75.1 Å². The minimum absolute atomic E-state index is 0.157. The first-order valence-electron chi connectivity index (χ1n) is 11.1. The van der Waals surface area contributed by atoms with Crippen LogP contribution >= 0.6 is 0 Å². The van der Waals surface area contributed by atoms with E-state index in [1.165, 1.54) is 4.31 Å². The van der Waals surface area contributed by atoms with E-state index < -0.39 is 10.0 Å². The first kappa shape index (κ1) is 24.5. The molecule has 0 aliphatic heterocycles. The Kier molecular flexibility index (Phi) is 7.59. The molecular formula is C27H32N2O3S. The molecule has 1 atom stereocenters. The van der Waals surface area contributed by atoms with Crippen LogP contribution in [0.15, 0.2) is 71.6 Å². The second-order valence-corrected chi connectivity index (χ2v) is 10.4. The summed E-state index contributed by atoms with van der Waals surface area (Å²) in [6.45, 7) is 9.51. The van der Waals surface area contributed by atoms with Gasteiger partial charge >= 0.3 is 0 Å². The summed E-state index contributed by atoms with van der Waals surface area (Å²) < 4.78 is 28.4. The quantitative estimate of drug-likeness (QED) is 0.486. The van der Waals surface area contributed by atoms with Crippen molar-refractivity contribution in [1.29, 1.82) is 0 Å². The number of carbonyl (C=O) groups excluding carboxylic acids is 1. The number of anilines is 1. The SMILES string of the molecule is CCC(NC(=O)CN(c1ccc(C)c(C)c1)S(=O)(=O)c1ccc(C)cc1)c1ccc(C)cc1. The van der Waals surface area contributed by atoms with Crippen molar-refractivity contribution in [3.63, 3.8) is 0 Å². The fourth-order valence-corrected chi connectivity index (χ4v) is 5.04. The molecule has 0 aromatic heterocycles. The summed E-state index contributed by atoms with van der Waals surface area (Å²) in [7, 11) is -3.94. The molecule has 1 amide bonds. The Labute approximate surface area is 197 Å². The molecule has 5 nitrogen and oxygen atoms in total. The van der Waals surface area contributed by atoms with Crippen LogP contribution in [0.4, 0.5) is 5.69 Å². The third kappa shape index (κ3) is 5.82. The third-order valence-corrected chi connectivity index (χ3v) is 7.69. The normalized spacial score (nSPS) is 12.3. The van der Waals surface area contributed by atoms with E-state index in [1.54, 1.807) is 30.3 Å². The van der Waals surface area contributed by atoms with Gasteiger partial charge in [-0.15, -0.1) is 0 Å². The maximum atomic E-state index is 13.6. The van der Waals surface area contributed by atoms with Crippen LogP contribution < -0.4 is 9.62 Å². The van der Waals surface area contributed by atoms with Crippen LogP contribution in [0.25, 0.3) is 0 Å². The van der Waals surface area contributed by atoms with Gasteiger partial charge in [-0.25, -0.2) is 8.42 Å². The number of nitrogens with one attached hydrogen (secondary N) is 1. The number of aryl methyl sites for hydroxylation is 4. The zero-order valence-electron chi connectivity index (χ0n) is 19.9. The lowest BCUT2D eigenvalue weighted by Crippen LogP contribution is -2.42. The Morgan fingerprint density at radius 3 is 1.97 bits per heavy atom. The minimum Gasteiger partial charge on any atom is -0.348 e. The number of hydrogen-bond acceptors (Lipinski definition) is 3. The Balaban J connectivity index is 1.93. The predicted octanol–water partition coefficient (Wildman–Crippen LogP) is 5.38. The summed E-state index contributed by atoms with van der Waals surface area (Å²) in [4.78, 5) is 13.3. The molecule has 174 valence electrons. The van der Waals surface area contributed by atoms with Crippen LogP contribution in [-0.2, 0) is 14.8 Å². The molecule has 0 bridgehead atoms. The molecule has 1 N–H and O–H groups in total. The zero-order valence-corrected chi connectivity index (χ0v) is 20.7. The topological polar surface area (TPSA) is 66.5 Å². The fourth-order valence-electron chi connectivity index (χ4n) is 3.62. The molecule has 6 heteroatoms. The van der Waals surface area contributed by atoms with Gasteiger partial charge in [-0.2, -0.15) is 0 Å². The zero-order chi connectivity index (χ0) is 24.2. The first-order valence-corrected chi connectivity index (χ1v) is 12.6. The molecular weight excluding hydrogens is 432 g/mol. The van der Waals surface area contributed by atoms with E-state index in [0.717, 1.165) is 27.8 Å². The van der Waals surface area contributed by atoms with Crippen LogP contribution in [-0.4, -0.2) is 20.9 Å². The molecule has 0 aliphatic carbocycles. The van der Waals surface area contributed by atoms with E-state index in [9.17, 15) is 13.2 Å². The van der Waals surface area contributed by atoms with Crippen molar-refractivity contribution in [3.05, 3.63) is 94.5 Å². The van der Waals surface area contributed by atoms with Crippen molar-refractivity contribution in [2.24, 2.45) is 0 Å². The highest BCUT2D eigenvalue weighted by Gasteiger charge is 2.28. The third-order valence-electron chi connectivity index (χ3n) is 5.90. The lowest BCUT2D eigenvalue weighted by Gasteiger charge is -2.26. The van der Waals surface area contributed by atoms with Gasteiger partial charge in [0.1, 0.15) is 6.54 Å². The van der Waals surface area contributed by atoms with E-state index in [4.69, 9.17) is 0 Å². The second-order valence-electron chi connectivity index (χ2n) is 8.53. The Morgan fingerprint density at radius 2 is 1.42 bits per heavy atom. The molecule has 0 aliphatic rings. The molecule has 0 saturated heterocycles. The number of sulfonamides is 1. The fraction of sp³-hybridized carbons (Fsp3) is 0.296. The average molecular weight is 465 g/mol. The van der Waals surface area contributed by atoms with Gasteiger partial charge in [0.2, 0.25) is 5.91 Å². The number of benzene rings is 3. The Hall–Kier alpha value is -3.12. The summed E-state index contributed by atoms with van der Waals surface area (Å²) in [6, 6.07) is 19.9. The molecule has 0 saturated carbocycles. The lowest BCUT2D eigenvalue weighted by atomic mass is 10.0. The van der Waals surface area contributed by atoms with Gasteiger partial charge in [0, 0.05) is 0 Å². The van der Waals surface area contributed by atoms with Crippen LogP contribution in [0.2, 0.25) is 0 Å². The van der Waals surface area contributed by atoms with Crippen molar-refractivity contribution < 1.29 is 13.2 Å². The molecule has 3 aromatic carbocycles. The highest BCUT2D eigenvalue weighted by molar-refractivity contribution is 7.92. The van der Waals surface area contributed by atoms with E-state index in [2.05, 4.69) is 5.32 Å². The summed E-state index contributed by atoms with van der Waals surface area (Å²) in [6.07, 6.45) is 0.698. The van der Waals surface area contributed by atoms with Crippen LogP contribution in [0.1, 0.15) is 47.2 Å². The molecule has 3 aromatic rings. The summed E-state index contributed by atoms with van der Waals surface area (Å²) >= 11 is 0. The summed E-state index contributed by atoms with van der Waals surface area (Å²) in [5.41, 5.74) is 5.59. The molecule has 3 rings (SSSR count). The summed E-state index contributed by atoms with van der Waals surface area (Å²) in [5.74, 6) is -0.351. The highest BCUT2D eigenvalue weighted by Crippen LogP contribution is 2.26. The van der Waals surface area contributed by atoms with Gasteiger partial charge in [0.25, 0.3) is 10.0 Å². The van der Waals surface area contributed by atoms with E-state index in [1.807, 2.05) is 71.0 Å². The maximum absolute atomic E-state index is 13.6. The van der Waals surface area contributed by atoms with Crippen molar-refractivity contribution in [2.45, 2.75) is 52.0 Å². The molecule has 33 heavy (non-hydrogen) atoms. The summed E-state index contributed by atoms with van der Waals surface area (Å²) in [5, 5.41) is 3.02. The van der Waals surface area contributed by atoms with Crippen LogP contribution in [0.5, 0.6) is 0 Å². The molecule has 0 fully saturated rings. The van der Waals surface area contributed by atoms with Gasteiger partial charge in [0.15, 0.2) is 0 Å². The number of hydrogen-bond donors (Lipinski definition) is 1. The monoisotopic (exact) mass is 464 g/mol. The smallest absolute Gasteiger partial charge is 0.264 e. The Bertz CT molecular complexity index is 1220. The van der Waals surface area contributed by atoms with E-state index in [-0.39, 0.29) is 23.4 Å². The highest BCUT2D eigenvalue weighted by atomic mass is 32.2. The molecule has 0 radical (unpaired) electrons. The molecule has 0 heterocycles. The standard InChI is InChI=1S/C27H32N2O3S/c1-6-26(23-12-7-19(2)8-13-23)28-27(30)18-29(24-14-11-21(4)22(5)17-24)33(31,32)25-15-9-20(3)10-16-25/h7-17,26H,6,18H2,1-5H3,(H,28,30). The van der Waals surface area contributed by atoms with Crippen LogP contribution in [0, 0.1) is 27.7 Å². The van der Waals surface area contributed by atoms with Crippen molar-refractivity contribution in [1.82, 2.24) is 5.32 Å². The largest absolute Gasteiger partial charge is 0.348 e. The Morgan fingerprint density at radius 1 is 0.848 bits per heavy atom. The van der Waals surface area contributed by atoms with Crippen molar-refractivity contribution in [2.75, 3.05) is 10.8 Å². The maximum Gasteiger partial charge on any atom is 0.264 e. The van der Waals surface area contributed by atoms with Crippen LogP contribution in [0.3, 0.4) is 0 Å². The minimum atomic E-state index is -3.94. The number of rotatable bonds is 8.